The average Bonchev–Trinajstić information content (AvgIpc) is 3.55. The van der Waals surface area contributed by atoms with Gasteiger partial charge in [0.05, 0.1) is 15.6 Å². The number of para-hydroxylation sites is 1. The normalized spacial score (nSPS) is 16.9. The van der Waals surface area contributed by atoms with Crippen LogP contribution in [0.5, 0.6) is 0 Å². The van der Waals surface area contributed by atoms with Crippen molar-refractivity contribution in [1.82, 2.24) is 4.72 Å². The summed E-state index contributed by atoms with van der Waals surface area (Å²) in [6, 6.07) is 9.75. The molecule has 1 N–H and O–H groups in total. The zero-order valence-corrected chi connectivity index (χ0v) is 19.6. The van der Waals surface area contributed by atoms with E-state index in [1.165, 1.54) is 13.0 Å². The highest BCUT2D eigenvalue weighted by Crippen LogP contribution is 2.32. The van der Waals surface area contributed by atoms with Crippen molar-refractivity contribution >= 4 is 50.8 Å². The van der Waals surface area contributed by atoms with E-state index < -0.39 is 22.1 Å². The van der Waals surface area contributed by atoms with E-state index in [4.69, 9.17) is 27.9 Å². The number of benzene rings is 2. The second-order valence-electron chi connectivity index (χ2n) is 7.93. The number of carbonyl (C=O) groups excluding carboxylic acids is 2. The SMILES string of the molecule is CC(OC(=O)c1cc(S(=O)(=O)NC2CC2)c(Cl)cc1Cl)C(=O)N1CCCc2ccccc21. The van der Waals surface area contributed by atoms with Gasteiger partial charge in [-0.2, -0.15) is 0 Å². The van der Waals surface area contributed by atoms with Crippen LogP contribution in [0.4, 0.5) is 5.69 Å². The fourth-order valence-electron chi connectivity index (χ4n) is 3.63. The Morgan fingerprint density at radius 1 is 1.16 bits per heavy atom. The Labute approximate surface area is 196 Å². The molecule has 1 fully saturated rings. The van der Waals surface area contributed by atoms with Crippen molar-refractivity contribution in [3.63, 3.8) is 0 Å². The number of rotatable bonds is 6. The highest BCUT2D eigenvalue weighted by Gasteiger charge is 2.32. The number of ether oxygens (including phenoxy) is 1. The standard InChI is InChI=1S/C22H22Cl2N2O5S/c1-13(21(27)26-10-4-6-14-5-2-3-7-19(14)26)31-22(28)16-11-20(18(24)12-17(16)23)32(29,30)25-15-8-9-15/h2-3,5,7,11-13,15,25H,4,6,8-10H2,1H3. The number of nitrogens with one attached hydrogen (secondary N) is 1. The topological polar surface area (TPSA) is 92.8 Å². The van der Waals surface area contributed by atoms with Crippen LogP contribution in [-0.2, 0) is 26.0 Å². The minimum Gasteiger partial charge on any atom is -0.449 e. The molecule has 2 aromatic rings. The molecule has 1 saturated carbocycles. The maximum absolute atomic E-state index is 13.0. The molecule has 1 unspecified atom stereocenters. The second-order valence-corrected chi connectivity index (χ2v) is 10.4. The van der Waals surface area contributed by atoms with E-state index in [2.05, 4.69) is 4.72 Å². The summed E-state index contributed by atoms with van der Waals surface area (Å²) in [6.45, 7) is 2.00. The number of hydrogen-bond donors (Lipinski definition) is 1. The van der Waals surface area contributed by atoms with Gasteiger partial charge in [0.15, 0.2) is 6.10 Å². The van der Waals surface area contributed by atoms with Crippen LogP contribution in [0.3, 0.4) is 0 Å². The molecule has 0 aromatic heterocycles. The smallest absolute Gasteiger partial charge is 0.340 e. The van der Waals surface area contributed by atoms with E-state index >= 15 is 0 Å². The quantitative estimate of drug-likeness (QED) is 0.610. The Kier molecular flexibility index (Phi) is 6.49. The summed E-state index contributed by atoms with van der Waals surface area (Å²) in [5.74, 6) is -1.26. The Morgan fingerprint density at radius 2 is 1.88 bits per heavy atom. The summed E-state index contributed by atoms with van der Waals surface area (Å²) >= 11 is 12.2. The molecule has 0 spiro atoms. The third-order valence-corrected chi connectivity index (χ3v) is 7.74. The van der Waals surface area contributed by atoms with E-state index in [1.807, 2.05) is 24.3 Å². The van der Waals surface area contributed by atoms with Crippen LogP contribution in [0.1, 0.15) is 42.1 Å². The van der Waals surface area contributed by atoms with Gasteiger partial charge in [0.25, 0.3) is 5.91 Å². The number of halogens is 2. The summed E-state index contributed by atoms with van der Waals surface area (Å²) in [5, 5.41) is -0.165. The lowest BCUT2D eigenvalue weighted by Crippen LogP contribution is -2.42. The zero-order valence-electron chi connectivity index (χ0n) is 17.3. The number of esters is 1. The average molecular weight is 497 g/mol. The third kappa shape index (κ3) is 4.78. The van der Waals surface area contributed by atoms with Crippen molar-refractivity contribution in [3.8, 4) is 0 Å². The van der Waals surface area contributed by atoms with Gasteiger partial charge in [-0.15, -0.1) is 0 Å². The van der Waals surface area contributed by atoms with Crippen LogP contribution in [0.2, 0.25) is 10.0 Å². The van der Waals surface area contributed by atoms with Crippen LogP contribution in [0, 0.1) is 0 Å². The number of fused-ring (bicyclic) bond motifs is 1. The monoisotopic (exact) mass is 496 g/mol. The Morgan fingerprint density at radius 3 is 2.59 bits per heavy atom. The molecule has 2 aromatic carbocycles. The van der Waals surface area contributed by atoms with E-state index in [9.17, 15) is 18.0 Å². The molecule has 1 atom stereocenters. The molecule has 10 heteroatoms. The van der Waals surface area contributed by atoms with Gasteiger partial charge >= 0.3 is 5.97 Å². The van der Waals surface area contributed by atoms with Crippen LogP contribution in [0.15, 0.2) is 41.3 Å². The second kappa shape index (κ2) is 9.02. The zero-order chi connectivity index (χ0) is 23.0. The first-order valence-corrected chi connectivity index (χ1v) is 12.5. The van der Waals surface area contributed by atoms with Crippen LogP contribution >= 0.6 is 23.2 Å². The van der Waals surface area contributed by atoms with Crippen molar-refractivity contribution in [2.75, 3.05) is 11.4 Å². The fraction of sp³-hybridized carbons (Fsp3) is 0.364. The van der Waals surface area contributed by atoms with Crippen LogP contribution < -0.4 is 9.62 Å². The molecule has 4 rings (SSSR count). The molecule has 1 aliphatic heterocycles. The van der Waals surface area contributed by atoms with E-state index in [1.54, 1.807) is 4.90 Å². The first kappa shape index (κ1) is 23.0. The molecular weight excluding hydrogens is 475 g/mol. The van der Waals surface area contributed by atoms with E-state index in [0.29, 0.717) is 6.54 Å². The number of nitrogens with zero attached hydrogens (tertiary/aromatic N) is 1. The van der Waals surface area contributed by atoms with Gasteiger partial charge in [0, 0.05) is 18.3 Å². The van der Waals surface area contributed by atoms with Gasteiger partial charge in [-0.25, -0.2) is 17.9 Å². The van der Waals surface area contributed by atoms with Gasteiger partial charge in [-0.3, -0.25) is 4.79 Å². The Hall–Kier alpha value is -2.13. The van der Waals surface area contributed by atoms with Crippen molar-refractivity contribution in [3.05, 3.63) is 57.6 Å². The van der Waals surface area contributed by atoms with Gasteiger partial charge in [0.1, 0.15) is 4.90 Å². The number of carbonyl (C=O) groups is 2. The first-order chi connectivity index (χ1) is 15.2. The first-order valence-electron chi connectivity index (χ1n) is 10.3. The predicted molar refractivity (Wildman–Crippen MR) is 122 cm³/mol. The van der Waals surface area contributed by atoms with Gasteiger partial charge < -0.3 is 9.64 Å². The molecule has 0 bridgehead atoms. The van der Waals surface area contributed by atoms with Crippen LogP contribution in [0.25, 0.3) is 0 Å². The largest absolute Gasteiger partial charge is 0.449 e. The lowest BCUT2D eigenvalue weighted by Gasteiger charge is -2.31. The number of anilines is 1. The summed E-state index contributed by atoms with van der Waals surface area (Å²) in [7, 11) is -3.92. The summed E-state index contributed by atoms with van der Waals surface area (Å²) in [6.07, 6.45) is 2.09. The molecule has 1 aliphatic carbocycles. The molecule has 1 heterocycles. The van der Waals surface area contributed by atoms with Crippen molar-refractivity contribution in [2.45, 2.75) is 49.6 Å². The Bertz CT molecular complexity index is 1180. The Balaban J connectivity index is 1.54. The summed E-state index contributed by atoms with van der Waals surface area (Å²) in [4.78, 5) is 27.2. The number of amides is 1. The molecular formula is C22H22Cl2N2O5S. The molecule has 2 aliphatic rings. The number of hydrogen-bond acceptors (Lipinski definition) is 5. The number of sulfonamides is 1. The van der Waals surface area contributed by atoms with Gasteiger partial charge in [-0.05, 0) is 56.4 Å². The highest BCUT2D eigenvalue weighted by molar-refractivity contribution is 7.89. The summed E-state index contributed by atoms with van der Waals surface area (Å²) in [5.41, 5.74) is 1.69. The molecule has 1 amide bonds. The minimum atomic E-state index is -3.92. The lowest BCUT2D eigenvalue weighted by molar-refractivity contribution is -0.126. The van der Waals surface area contributed by atoms with Crippen LogP contribution in [-0.4, -0.2) is 39.0 Å². The maximum atomic E-state index is 13.0. The van der Waals surface area contributed by atoms with Crippen molar-refractivity contribution in [2.24, 2.45) is 0 Å². The van der Waals surface area contributed by atoms with Gasteiger partial charge in [0.2, 0.25) is 10.0 Å². The van der Waals surface area contributed by atoms with Gasteiger partial charge in [-0.1, -0.05) is 41.4 Å². The minimum absolute atomic E-state index is 0.0617. The predicted octanol–water partition coefficient (Wildman–Crippen LogP) is 3.96. The van der Waals surface area contributed by atoms with E-state index in [-0.39, 0.29) is 32.5 Å². The van der Waals surface area contributed by atoms with E-state index in [0.717, 1.165) is 43.0 Å². The number of aryl methyl sites for hydroxylation is 1. The summed E-state index contributed by atoms with van der Waals surface area (Å²) < 4.78 is 33.1. The molecule has 0 saturated heterocycles. The molecule has 170 valence electrons. The van der Waals surface area contributed by atoms with Crippen molar-refractivity contribution in [1.29, 1.82) is 0 Å². The third-order valence-electron chi connectivity index (χ3n) is 5.44. The molecule has 0 radical (unpaired) electrons. The highest BCUT2D eigenvalue weighted by atomic mass is 35.5. The lowest BCUT2D eigenvalue weighted by atomic mass is 10.0. The van der Waals surface area contributed by atoms with Crippen molar-refractivity contribution < 1.29 is 22.7 Å². The molecule has 7 nitrogen and oxygen atoms in total. The maximum Gasteiger partial charge on any atom is 0.340 e. The molecule has 32 heavy (non-hydrogen) atoms. The fourth-order valence-corrected chi connectivity index (χ4v) is 5.79.